The molecule has 3 N–H and O–H groups in total. The van der Waals surface area contributed by atoms with Crippen LogP contribution in [-0.4, -0.2) is 5.11 Å². The number of fused-ring (bicyclic) bond motifs is 1. The van der Waals surface area contributed by atoms with E-state index in [9.17, 15) is 5.11 Å². The summed E-state index contributed by atoms with van der Waals surface area (Å²) in [5.74, 6) is -0.0892. The van der Waals surface area contributed by atoms with Crippen LogP contribution in [0.3, 0.4) is 0 Å². The molecule has 0 fully saturated rings. The number of furan rings is 1. The van der Waals surface area contributed by atoms with Gasteiger partial charge in [-0.25, -0.2) is 0 Å². The fourth-order valence-electron chi connectivity index (χ4n) is 1.11. The Balaban J connectivity index is 2.97. The van der Waals surface area contributed by atoms with Crippen molar-refractivity contribution in [2.45, 2.75) is 0 Å². The lowest BCUT2D eigenvalue weighted by Gasteiger charge is -1.90. The third-order valence-corrected chi connectivity index (χ3v) is 1.98. The standard InChI is InChI=1S/C8H6ClNO2/c9-4-2-1-3-5-6(4)7(11)8(10)12-5/h1-3,11H,10H2. The van der Waals surface area contributed by atoms with Crippen LogP contribution in [0.1, 0.15) is 0 Å². The van der Waals surface area contributed by atoms with Crippen molar-refractivity contribution < 1.29 is 9.52 Å². The molecule has 12 heavy (non-hydrogen) atoms. The summed E-state index contributed by atoms with van der Waals surface area (Å²) in [5, 5.41) is 10.3. The Morgan fingerprint density at radius 1 is 1.42 bits per heavy atom. The van der Waals surface area contributed by atoms with Crippen LogP contribution in [0, 0.1) is 0 Å². The first-order chi connectivity index (χ1) is 5.70. The molecule has 0 aliphatic rings. The smallest absolute Gasteiger partial charge is 0.234 e. The van der Waals surface area contributed by atoms with E-state index in [4.69, 9.17) is 21.8 Å². The lowest BCUT2D eigenvalue weighted by atomic mass is 10.2. The van der Waals surface area contributed by atoms with Crippen LogP contribution in [0.2, 0.25) is 5.02 Å². The van der Waals surface area contributed by atoms with Crippen molar-refractivity contribution in [2.75, 3.05) is 5.73 Å². The van der Waals surface area contributed by atoms with Gasteiger partial charge in [-0.2, -0.15) is 0 Å². The molecule has 2 aromatic rings. The molecule has 1 heterocycles. The number of nitrogen functional groups attached to an aromatic ring is 1. The zero-order valence-electron chi connectivity index (χ0n) is 6.04. The van der Waals surface area contributed by atoms with Crippen molar-refractivity contribution in [1.29, 1.82) is 0 Å². The van der Waals surface area contributed by atoms with Crippen molar-refractivity contribution in [3.63, 3.8) is 0 Å². The van der Waals surface area contributed by atoms with Crippen molar-refractivity contribution in [3.8, 4) is 5.75 Å². The summed E-state index contributed by atoms with van der Waals surface area (Å²) >= 11 is 5.80. The molecule has 1 aromatic carbocycles. The number of nitrogens with two attached hydrogens (primary N) is 1. The molecule has 1 aromatic heterocycles. The van der Waals surface area contributed by atoms with Crippen LogP contribution in [-0.2, 0) is 0 Å². The third kappa shape index (κ3) is 0.833. The molecule has 0 bridgehead atoms. The summed E-state index contributed by atoms with van der Waals surface area (Å²) in [5.41, 5.74) is 5.84. The van der Waals surface area contributed by atoms with E-state index >= 15 is 0 Å². The molecule has 0 atom stereocenters. The van der Waals surface area contributed by atoms with Gasteiger partial charge in [0.05, 0.1) is 10.4 Å². The maximum absolute atomic E-state index is 9.38. The second kappa shape index (κ2) is 2.32. The van der Waals surface area contributed by atoms with Gasteiger partial charge in [-0.05, 0) is 12.1 Å². The molecule has 0 aliphatic carbocycles. The van der Waals surface area contributed by atoms with Gasteiger partial charge in [-0.1, -0.05) is 17.7 Å². The van der Waals surface area contributed by atoms with Gasteiger partial charge in [0.2, 0.25) is 5.88 Å². The van der Waals surface area contributed by atoms with Crippen LogP contribution in [0.15, 0.2) is 22.6 Å². The van der Waals surface area contributed by atoms with Crippen molar-refractivity contribution in [3.05, 3.63) is 23.2 Å². The molecule has 0 unspecified atom stereocenters. The molecule has 0 saturated carbocycles. The Bertz CT molecular complexity index is 436. The second-order valence-corrected chi connectivity index (χ2v) is 2.84. The minimum absolute atomic E-state index is 0.00176. The average Bonchev–Trinajstić information content (AvgIpc) is 2.29. The van der Waals surface area contributed by atoms with Gasteiger partial charge in [-0.3, -0.25) is 0 Å². The first-order valence-electron chi connectivity index (χ1n) is 3.35. The molecule has 4 heteroatoms. The fourth-order valence-corrected chi connectivity index (χ4v) is 1.36. The third-order valence-electron chi connectivity index (χ3n) is 1.67. The normalized spacial score (nSPS) is 10.8. The summed E-state index contributed by atoms with van der Waals surface area (Å²) < 4.78 is 5.02. The highest BCUT2D eigenvalue weighted by atomic mass is 35.5. The lowest BCUT2D eigenvalue weighted by Crippen LogP contribution is -1.77. The van der Waals surface area contributed by atoms with E-state index in [1.54, 1.807) is 18.2 Å². The molecule has 3 nitrogen and oxygen atoms in total. The van der Waals surface area contributed by atoms with Gasteiger partial charge in [-0.15, -0.1) is 0 Å². The summed E-state index contributed by atoms with van der Waals surface area (Å²) in [6.07, 6.45) is 0. The van der Waals surface area contributed by atoms with Crippen molar-refractivity contribution >= 4 is 28.5 Å². The van der Waals surface area contributed by atoms with E-state index in [1.807, 2.05) is 0 Å². The van der Waals surface area contributed by atoms with Crippen LogP contribution >= 0.6 is 11.6 Å². The Hall–Kier alpha value is -1.35. The number of halogens is 1. The van der Waals surface area contributed by atoms with Crippen LogP contribution in [0.5, 0.6) is 5.75 Å². The topological polar surface area (TPSA) is 59.4 Å². The van der Waals surface area contributed by atoms with Gasteiger partial charge in [0.15, 0.2) is 5.75 Å². The van der Waals surface area contributed by atoms with E-state index in [-0.39, 0.29) is 11.6 Å². The summed E-state index contributed by atoms with van der Waals surface area (Å²) in [7, 11) is 0. The largest absolute Gasteiger partial charge is 0.503 e. The van der Waals surface area contributed by atoms with Crippen molar-refractivity contribution in [2.24, 2.45) is 0 Å². The SMILES string of the molecule is Nc1oc2cccc(Cl)c2c1O. The monoisotopic (exact) mass is 183 g/mol. The van der Waals surface area contributed by atoms with E-state index in [2.05, 4.69) is 0 Å². The minimum atomic E-state index is -0.0874. The Labute approximate surface area is 73.3 Å². The number of hydrogen-bond acceptors (Lipinski definition) is 3. The Morgan fingerprint density at radius 3 is 2.83 bits per heavy atom. The molecule has 62 valence electrons. The van der Waals surface area contributed by atoms with Gasteiger partial charge < -0.3 is 15.3 Å². The predicted molar refractivity (Wildman–Crippen MR) is 47.3 cm³/mol. The number of hydrogen-bond donors (Lipinski definition) is 2. The quantitative estimate of drug-likeness (QED) is 0.659. The van der Waals surface area contributed by atoms with Gasteiger partial charge in [0, 0.05) is 0 Å². The highest BCUT2D eigenvalue weighted by molar-refractivity contribution is 6.36. The molecular formula is C8H6ClNO2. The summed E-state index contributed by atoms with van der Waals surface area (Å²) in [4.78, 5) is 0. The molecular weight excluding hydrogens is 178 g/mol. The summed E-state index contributed by atoms with van der Waals surface area (Å²) in [6.45, 7) is 0. The second-order valence-electron chi connectivity index (χ2n) is 2.43. The molecule has 0 spiro atoms. The maximum Gasteiger partial charge on any atom is 0.234 e. The fraction of sp³-hybridized carbons (Fsp3) is 0. The molecule has 0 amide bonds. The number of rotatable bonds is 0. The Morgan fingerprint density at radius 2 is 2.17 bits per heavy atom. The van der Waals surface area contributed by atoms with Crippen molar-refractivity contribution in [1.82, 2.24) is 0 Å². The highest BCUT2D eigenvalue weighted by Gasteiger charge is 2.12. The van der Waals surface area contributed by atoms with Crippen LogP contribution in [0.4, 0.5) is 5.88 Å². The highest BCUT2D eigenvalue weighted by Crippen LogP contribution is 2.38. The number of benzene rings is 1. The molecule has 2 rings (SSSR count). The number of aromatic hydroxyl groups is 1. The zero-order chi connectivity index (χ0) is 8.72. The number of anilines is 1. The average molecular weight is 184 g/mol. The van der Waals surface area contributed by atoms with E-state index in [0.29, 0.717) is 16.0 Å². The molecule has 0 saturated heterocycles. The zero-order valence-corrected chi connectivity index (χ0v) is 6.80. The van der Waals surface area contributed by atoms with Crippen LogP contribution < -0.4 is 5.73 Å². The van der Waals surface area contributed by atoms with E-state index in [0.717, 1.165) is 0 Å². The van der Waals surface area contributed by atoms with Crippen LogP contribution in [0.25, 0.3) is 11.0 Å². The Kier molecular flexibility index (Phi) is 1.41. The van der Waals surface area contributed by atoms with Gasteiger partial charge in [0.1, 0.15) is 5.58 Å². The molecule has 0 aliphatic heterocycles. The maximum atomic E-state index is 9.38. The minimum Gasteiger partial charge on any atom is -0.503 e. The predicted octanol–water partition coefficient (Wildman–Crippen LogP) is 2.37. The van der Waals surface area contributed by atoms with Gasteiger partial charge >= 0.3 is 0 Å². The van der Waals surface area contributed by atoms with Gasteiger partial charge in [0.25, 0.3) is 0 Å². The van der Waals surface area contributed by atoms with E-state index < -0.39 is 0 Å². The summed E-state index contributed by atoms with van der Waals surface area (Å²) in [6, 6.07) is 5.09. The van der Waals surface area contributed by atoms with E-state index in [1.165, 1.54) is 0 Å². The lowest BCUT2D eigenvalue weighted by molar-refractivity contribution is 0.472. The first kappa shape index (κ1) is 7.31. The molecule has 0 radical (unpaired) electrons. The first-order valence-corrected chi connectivity index (χ1v) is 3.73.